The van der Waals surface area contributed by atoms with Gasteiger partial charge < -0.3 is 9.73 Å². The van der Waals surface area contributed by atoms with Gasteiger partial charge in [0, 0.05) is 17.2 Å². The molecule has 4 rings (SSSR count). The molecular formula is C24H26N2O4S. The number of carbonyl (C=O) groups excluding carboxylic acids is 1. The largest absolute Gasteiger partial charge is 0.441 e. The molecule has 6 nitrogen and oxygen atoms in total. The van der Waals surface area contributed by atoms with Crippen LogP contribution in [0.5, 0.6) is 0 Å². The van der Waals surface area contributed by atoms with E-state index in [1.54, 1.807) is 55.5 Å². The molecule has 0 bridgehead atoms. The van der Waals surface area contributed by atoms with Crippen LogP contribution < -0.4 is 5.32 Å². The lowest BCUT2D eigenvalue weighted by Crippen LogP contribution is -2.32. The first-order valence-electron chi connectivity index (χ1n) is 10.5. The Morgan fingerprint density at radius 3 is 2.32 bits per heavy atom. The standard InChI is InChI=1S/C24H26N2O4S/c1-16-7-13-21(14-8-16)31(28,29)15-22-17(2)30-24(26-22)19-11-9-18(10-12-19)23(27)25-20-5-3-4-6-20/h7-14,20H,3-6,15H2,1-2H3,(H,25,27). The van der Waals surface area contributed by atoms with E-state index in [4.69, 9.17) is 4.42 Å². The van der Waals surface area contributed by atoms with Crippen molar-refractivity contribution in [2.24, 2.45) is 0 Å². The summed E-state index contributed by atoms with van der Waals surface area (Å²) in [5.41, 5.74) is 2.67. The van der Waals surface area contributed by atoms with Crippen molar-refractivity contribution in [2.45, 2.75) is 56.2 Å². The van der Waals surface area contributed by atoms with Gasteiger partial charge in [0.15, 0.2) is 9.84 Å². The molecule has 1 aliphatic rings. The number of hydrogen-bond donors (Lipinski definition) is 1. The van der Waals surface area contributed by atoms with E-state index in [0.29, 0.717) is 28.5 Å². The Morgan fingerprint density at radius 2 is 1.68 bits per heavy atom. The van der Waals surface area contributed by atoms with E-state index in [1.807, 2.05) is 6.92 Å². The minimum Gasteiger partial charge on any atom is -0.441 e. The number of aromatic nitrogens is 1. The summed E-state index contributed by atoms with van der Waals surface area (Å²) < 4.78 is 31.2. The minimum absolute atomic E-state index is 0.0769. The number of oxazole rings is 1. The maximum absolute atomic E-state index is 12.7. The van der Waals surface area contributed by atoms with Gasteiger partial charge in [-0.2, -0.15) is 0 Å². The van der Waals surface area contributed by atoms with Crippen LogP contribution in [0.1, 0.15) is 53.1 Å². The third-order valence-corrected chi connectivity index (χ3v) is 7.33. The van der Waals surface area contributed by atoms with E-state index >= 15 is 0 Å². The molecule has 1 aromatic heterocycles. The van der Waals surface area contributed by atoms with E-state index in [2.05, 4.69) is 10.3 Å². The van der Waals surface area contributed by atoms with Gasteiger partial charge in [0.25, 0.3) is 5.91 Å². The van der Waals surface area contributed by atoms with Crippen molar-refractivity contribution in [3.05, 3.63) is 71.1 Å². The second-order valence-corrected chi connectivity index (χ2v) is 10.1. The molecule has 162 valence electrons. The van der Waals surface area contributed by atoms with Crippen LogP contribution in [0.25, 0.3) is 11.5 Å². The zero-order valence-corrected chi connectivity index (χ0v) is 18.5. The van der Waals surface area contributed by atoms with Crippen LogP contribution in [-0.2, 0) is 15.6 Å². The molecule has 0 unspecified atom stereocenters. The molecule has 1 amide bonds. The quantitative estimate of drug-likeness (QED) is 0.607. The summed E-state index contributed by atoms with van der Waals surface area (Å²) in [6, 6.07) is 14.0. The van der Waals surface area contributed by atoms with Gasteiger partial charge >= 0.3 is 0 Å². The summed E-state index contributed by atoms with van der Waals surface area (Å²) in [5.74, 6) is 0.503. The molecule has 0 atom stereocenters. The molecule has 0 saturated heterocycles. The van der Waals surface area contributed by atoms with Gasteiger partial charge in [-0.05, 0) is 63.1 Å². The molecule has 1 saturated carbocycles. The van der Waals surface area contributed by atoms with Crippen molar-refractivity contribution < 1.29 is 17.6 Å². The lowest BCUT2D eigenvalue weighted by Gasteiger charge is -2.11. The van der Waals surface area contributed by atoms with Crippen molar-refractivity contribution in [1.29, 1.82) is 0 Å². The van der Waals surface area contributed by atoms with Gasteiger partial charge in [-0.25, -0.2) is 13.4 Å². The van der Waals surface area contributed by atoms with Crippen molar-refractivity contribution in [2.75, 3.05) is 0 Å². The Balaban J connectivity index is 1.49. The maximum atomic E-state index is 12.7. The van der Waals surface area contributed by atoms with E-state index in [1.165, 1.54) is 0 Å². The molecule has 0 spiro atoms. The number of hydrogen-bond acceptors (Lipinski definition) is 5. The highest BCUT2D eigenvalue weighted by molar-refractivity contribution is 7.90. The minimum atomic E-state index is -3.53. The van der Waals surface area contributed by atoms with Gasteiger partial charge in [0.1, 0.15) is 11.5 Å². The monoisotopic (exact) mass is 438 g/mol. The van der Waals surface area contributed by atoms with Gasteiger partial charge in [0.2, 0.25) is 5.89 Å². The summed E-state index contributed by atoms with van der Waals surface area (Å²) in [7, 11) is -3.53. The molecular weight excluding hydrogens is 412 g/mol. The van der Waals surface area contributed by atoms with E-state index in [0.717, 1.165) is 31.2 Å². The molecule has 1 aliphatic carbocycles. The van der Waals surface area contributed by atoms with Crippen LogP contribution in [0.3, 0.4) is 0 Å². The number of benzene rings is 2. The lowest BCUT2D eigenvalue weighted by atomic mass is 10.1. The smallest absolute Gasteiger partial charge is 0.251 e. The van der Waals surface area contributed by atoms with Gasteiger partial charge in [0.05, 0.1) is 10.6 Å². The number of aryl methyl sites for hydroxylation is 2. The molecule has 0 aliphatic heterocycles. The number of carbonyl (C=O) groups is 1. The molecule has 1 fully saturated rings. The Bertz CT molecular complexity index is 1170. The fraction of sp³-hybridized carbons (Fsp3) is 0.333. The molecule has 1 N–H and O–H groups in total. The number of rotatable bonds is 6. The summed E-state index contributed by atoms with van der Waals surface area (Å²) >= 11 is 0. The molecule has 1 heterocycles. The first kappa shape index (κ1) is 21.3. The fourth-order valence-corrected chi connectivity index (χ4v) is 5.14. The third-order valence-electron chi connectivity index (χ3n) is 5.68. The molecule has 31 heavy (non-hydrogen) atoms. The Morgan fingerprint density at radius 1 is 1.03 bits per heavy atom. The van der Waals surface area contributed by atoms with E-state index in [-0.39, 0.29) is 22.6 Å². The lowest BCUT2D eigenvalue weighted by molar-refractivity contribution is 0.0938. The molecule has 2 aromatic carbocycles. The zero-order valence-electron chi connectivity index (χ0n) is 17.7. The van der Waals surface area contributed by atoms with Crippen molar-refractivity contribution in [1.82, 2.24) is 10.3 Å². The highest BCUT2D eigenvalue weighted by Gasteiger charge is 2.22. The van der Waals surface area contributed by atoms with Crippen LogP contribution in [-0.4, -0.2) is 25.4 Å². The topological polar surface area (TPSA) is 89.3 Å². The Hall–Kier alpha value is -2.93. The first-order valence-corrected chi connectivity index (χ1v) is 12.1. The highest BCUT2D eigenvalue weighted by atomic mass is 32.2. The van der Waals surface area contributed by atoms with E-state index < -0.39 is 9.84 Å². The maximum Gasteiger partial charge on any atom is 0.251 e. The molecule has 7 heteroatoms. The summed E-state index contributed by atoms with van der Waals surface area (Å²) in [6.07, 6.45) is 4.39. The van der Waals surface area contributed by atoms with Crippen LogP contribution in [0.4, 0.5) is 0 Å². The second-order valence-electron chi connectivity index (χ2n) is 8.13. The van der Waals surface area contributed by atoms with Crippen LogP contribution in [0.15, 0.2) is 57.8 Å². The Labute approximate surface area is 182 Å². The normalized spacial score (nSPS) is 14.6. The van der Waals surface area contributed by atoms with Gasteiger partial charge in [-0.3, -0.25) is 4.79 Å². The number of sulfone groups is 1. The summed E-state index contributed by atoms with van der Waals surface area (Å²) in [5, 5.41) is 3.07. The first-order chi connectivity index (χ1) is 14.8. The third kappa shape index (κ3) is 4.88. The average Bonchev–Trinajstić information content (AvgIpc) is 3.38. The zero-order chi connectivity index (χ0) is 22.0. The number of nitrogens with zero attached hydrogens (tertiary/aromatic N) is 1. The SMILES string of the molecule is Cc1ccc(S(=O)(=O)Cc2nc(-c3ccc(C(=O)NC4CCCC4)cc3)oc2C)cc1. The van der Waals surface area contributed by atoms with Crippen molar-refractivity contribution in [3.8, 4) is 11.5 Å². The molecule has 0 radical (unpaired) electrons. The summed E-state index contributed by atoms with van der Waals surface area (Å²) in [6.45, 7) is 3.62. The van der Waals surface area contributed by atoms with Crippen LogP contribution >= 0.6 is 0 Å². The van der Waals surface area contributed by atoms with Crippen molar-refractivity contribution >= 4 is 15.7 Å². The second kappa shape index (κ2) is 8.67. The van der Waals surface area contributed by atoms with Gasteiger partial charge in [-0.1, -0.05) is 30.5 Å². The van der Waals surface area contributed by atoms with Crippen molar-refractivity contribution in [3.63, 3.8) is 0 Å². The number of nitrogens with one attached hydrogen (secondary N) is 1. The van der Waals surface area contributed by atoms with Crippen LogP contribution in [0, 0.1) is 13.8 Å². The van der Waals surface area contributed by atoms with Gasteiger partial charge in [-0.15, -0.1) is 0 Å². The van der Waals surface area contributed by atoms with Crippen LogP contribution in [0.2, 0.25) is 0 Å². The Kier molecular flexibility index (Phi) is 5.96. The fourth-order valence-electron chi connectivity index (χ4n) is 3.80. The molecule has 3 aromatic rings. The predicted octanol–water partition coefficient (Wildman–Crippen LogP) is 4.60. The predicted molar refractivity (Wildman–Crippen MR) is 118 cm³/mol. The van der Waals surface area contributed by atoms with E-state index in [9.17, 15) is 13.2 Å². The highest BCUT2D eigenvalue weighted by Crippen LogP contribution is 2.25. The summed E-state index contributed by atoms with van der Waals surface area (Å²) in [4.78, 5) is 17.1. The number of amides is 1. The average molecular weight is 439 g/mol.